The van der Waals surface area contributed by atoms with Gasteiger partial charge >= 0.3 is 0 Å². The average molecular weight is 218 g/mol. The number of hydrogen-bond acceptors (Lipinski definition) is 2. The molecule has 1 saturated heterocycles. The summed E-state index contributed by atoms with van der Waals surface area (Å²) in [5, 5.41) is 3.20. The van der Waals surface area contributed by atoms with Gasteiger partial charge in [0.05, 0.1) is 0 Å². The summed E-state index contributed by atoms with van der Waals surface area (Å²) >= 11 is 0. The summed E-state index contributed by atoms with van der Waals surface area (Å²) in [6.45, 7) is 6.72. The number of nitrogens with one attached hydrogen (secondary N) is 1. The highest BCUT2D eigenvalue weighted by molar-refractivity contribution is 5.55. The molecule has 0 bridgehead atoms. The summed E-state index contributed by atoms with van der Waals surface area (Å²) in [7, 11) is 1.99. The third-order valence-electron chi connectivity index (χ3n) is 3.50. The SMILES string of the molecule is CNCc1ccc(N2CCCC2C)c(C)c1. The monoisotopic (exact) mass is 218 g/mol. The van der Waals surface area contributed by atoms with Gasteiger partial charge in [0.1, 0.15) is 0 Å². The second-order valence-electron chi connectivity index (χ2n) is 4.84. The number of nitrogens with zero attached hydrogens (tertiary/aromatic N) is 1. The fourth-order valence-corrected chi connectivity index (χ4v) is 2.65. The molecule has 0 aliphatic carbocycles. The van der Waals surface area contributed by atoms with Gasteiger partial charge in [-0.3, -0.25) is 0 Å². The summed E-state index contributed by atoms with van der Waals surface area (Å²) in [5.74, 6) is 0. The van der Waals surface area contributed by atoms with E-state index in [1.54, 1.807) is 0 Å². The first-order chi connectivity index (χ1) is 7.72. The lowest BCUT2D eigenvalue weighted by Gasteiger charge is -2.26. The third kappa shape index (κ3) is 2.22. The highest BCUT2D eigenvalue weighted by atomic mass is 15.2. The lowest BCUT2D eigenvalue weighted by molar-refractivity contribution is 0.733. The molecule has 1 N–H and O–H groups in total. The smallest absolute Gasteiger partial charge is 0.0398 e. The van der Waals surface area contributed by atoms with Crippen LogP contribution in [-0.4, -0.2) is 19.6 Å². The van der Waals surface area contributed by atoms with Crippen LogP contribution in [0.25, 0.3) is 0 Å². The Bertz CT molecular complexity index is 360. The maximum absolute atomic E-state index is 3.20. The molecule has 0 saturated carbocycles. The van der Waals surface area contributed by atoms with Gasteiger partial charge in [-0.2, -0.15) is 0 Å². The maximum Gasteiger partial charge on any atom is 0.0398 e. The zero-order chi connectivity index (χ0) is 11.5. The molecule has 88 valence electrons. The molecule has 1 fully saturated rings. The van der Waals surface area contributed by atoms with Gasteiger partial charge in [0.15, 0.2) is 0 Å². The van der Waals surface area contributed by atoms with Crippen molar-refractivity contribution in [1.29, 1.82) is 0 Å². The third-order valence-corrected chi connectivity index (χ3v) is 3.50. The molecule has 1 heterocycles. The standard InChI is InChI=1S/C14H22N2/c1-11-9-13(10-15-3)6-7-14(11)16-8-4-5-12(16)2/h6-7,9,12,15H,4-5,8,10H2,1-3H3. The molecule has 0 amide bonds. The number of rotatable bonds is 3. The Kier molecular flexibility index (Phi) is 3.49. The first-order valence-corrected chi connectivity index (χ1v) is 6.23. The summed E-state index contributed by atoms with van der Waals surface area (Å²) in [6, 6.07) is 7.53. The van der Waals surface area contributed by atoms with Crippen LogP contribution in [0.4, 0.5) is 5.69 Å². The van der Waals surface area contributed by atoms with E-state index >= 15 is 0 Å². The zero-order valence-electron chi connectivity index (χ0n) is 10.6. The molecule has 1 aromatic carbocycles. The second-order valence-corrected chi connectivity index (χ2v) is 4.84. The molecular formula is C14H22N2. The van der Waals surface area contributed by atoms with E-state index in [0.29, 0.717) is 6.04 Å². The van der Waals surface area contributed by atoms with E-state index in [2.05, 4.69) is 42.3 Å². The maximum atomic E-state index is 3.20. The second kappa shape index (κ2) is 4.88. The quantitative estimate of drug-likeness (QED) is 0.839. The first-order valence-electron chi connectivity index (χ1n) is 6.23. The Morgan fingerprint density at radius 1 is 1.44 bits per heavy atom. The van der Waals surface area contributed by atoms with Crippen molar-refractivity contribution in [2.45, 2.75) is 39.3 Å². The van der Waals surface area contributed by atoms with Gasteiger partial charge in [0, 0.05) is 24.8 Å². The normalized spacial score (nSPS) is 20.4. The van der Waals surface area contributed by atoms with E-state index in [9.17, 15) is 0 Å². The van der Waals surface area contributed by atoms with E-state index in [1.807, 2.05) is 7.05 Å². The van der Waals surface area contributed by atoms with Crippen molar-refractivity contribution in [3.8, 4) is 0 Å². The lowest BCUT2D eigenvalue weighted by Crippen LogP contribution is -2.27. The van der Waals surface area contributed by atoms with Gasteiger partial charge in [-0.15, -0.1) is 0 Å². The fraction of sp³-hybridized carbons (Fsp3) is 0.571. The minimum absolute atomic E-state index is 0.703. The van der Waals surface area contributed by atoms with Gasteiger partial charge in [-0.05, 0) is 50.9 Å². The Labute approximate surface area is 98.7 Å². The molecule has 2 rings (SSSR count). The molecule has 1 unspecified atom stereocenters. The number of hydrogen-bond donors (Lipinski definition) is 1. The Morgan fingerprint density at radius 2 is 2.25 bits per heavy atom. The van der Waals surface area contributed by atoms with E-state index in [0.717, 1.165) is 6.54 Å². The minimum atomic E-state index is 0.703. The van der Waals surface area contributed by atoms with Crippen LogP contribution >= 0.6 is 0 Å². The van der Waals surface area contributed by atoms with Crippen LogP contribution in [0, 0.1) is 6.92 Å². The molecule has 2 heteroatoms. The van der Waals surface area contributed by atoms with Gasteiger partial charge < -0.3 is 10.2 Å². The van der Waals surface area contributed by atoms with E-state index in [-0.39, 0.29) is 0 Å². The summed E-state index contributed by atoms with van der Waals surface area (Å²) in [5.41, 5.74) is 4.20. The summed E-state index contributed by atoms with van der Waals surface area (Å²) < 4.78 is 0. The van der Waals surface area contributed by atoms with Crippen molar-refractivity contribution in [3.05, 3.63) is 29.3 Å². The van der Waals surface area contributed by atoms with Gasteiger partial charge in [0.2, 0.25) is 0 Å². The van der Waals surface area contributed by atoms with Crippen LogP contribution in [0.15, 0.2) is 18.2 Å². The average Bonchev–Trinajstić information content (AvgIpc) is 2.65. The predicted octanol–water partition coefficient (Wildman–Crippen LogP) is 2.70. The van der Waals surface area contributed by atoms with Crippen molar-refractivity contribution < 1.29 is 0 Å². The summed E-state index contributed by atoms with van der Waals surface area (Å²) in [6.07, 6.45) is 2.66. The van der Waals surface area contributed by atoms with Crippen LogP contribution in [-0.2, 0) is 6.54 Å². The molecular weight excluding hydrogens is 196 g/mol. The van der Waals surface area contributed by atoms with Crippen LogP contribution in [0.5, 0.6) is 0 Å². The number of anilines is 1. The van der Waals surface area contributed by atoms with Crippen molar-refractivity contribution in [3.63, 3.8) is 0 Å². The fourth-order valence-electron chi connectivity index (χ4n) is 2.65. The molecule has 1 aliphatic rings. The van der Waals surface area contributed by atoms with Crippen molar-refractivity contribution in [2.24, 2.45) is 0 Å². The molecule has 16 heavy (non-hydrogen) atoms. The topological polar surface area (TPSA) is 15.3 Å². The van der Waals surface area contributed by atoms with Crippen LogP contribution in [0.2, 0.25) is 0 Å². The number of aryl methyl sites for hydroxylation is 1. The van der Waals surface area contributed by atoms with Crippen LogP contribution in [0.3, 0.4) is 0 Å². The lowest BCUT2D eigenvalue weighted by atomic mass is 10.1. The van der Waals surface area contributed by atoms with Gasteiger partial charge in [-0.25, -0.2) is 0 Å². The predicted molar refractivity (Wildman–Crippen MR) is 70.0 cm³/mol. The molecule has 1 atom stereocenters. The minimum Gasteiger partial charge on any atom is -0.369 e. The van der Waals surface area contributed by atoms with E-state index in [4.69, 9.17) is 0 Å². The van der Waals surface area contributed by atoms with Crippen molar-refractivity contribution in [1.82, 2.24) is 5.32 Å². The van der Waals surface area contributed by atoms with Crippen molar-refractivity contribution >= 4 is 5.69 Å². The Balaban J connectivity index is 2.21. The highest BCUT2D eigenvalue weighted by Crippen LogP contribution is 2.28. The molecule has 0 spiro atoms. The molecule has 2 nitrogen and oxygen atoms in total. The molecule has 1 aromatic rings. The first kappa shape index (κ1) is 11.5. The Hall–Kier alpha value is -1.02. The zero-order valence-corrected chi connectivity index (χ0v) is 10.6. The van der Waals surface area contributed by atoms with Crippen LogP contribution < -0.4 is 10.2 Å². The molecule has 0 radical (unpaired) electrons. The molecule has 1 aliphatic heterocycles. The van der Waals surface area contributed by atoms with Crippen LogP contribution in [0.1, 0.15) is 30.9 Å². The van der Waals surface area contributed by atoms with Crippen molar-refractivity contribution in [2.75, 3.05) is 18.5 Å². The molecule has 0 aromatic heterocycles. The Morgan fingerprint density at radius 3 is 2.81 bits per heavy atom. The highest BCUT2D eigenvalue weighted by Gasteiger charge is 2.21. The van der Waals surface area contributed by atoms with E-state index < -0.39 is 0 Å². The van der Waals surface area contributed by atoms with Gasteiger partial charge in [0.25, 0.3) is 0 Å². The van der Waals surface area contributed by atoms with E-state index in [1.165, 1.54) is 36.2 Å². The largest absolute Gasteiger partial charge is 0.369 e. The summed E-state index contributed by atoms with van der Waals surface area (Å²) in [4.78, 5) is 2.54. The van der Waals surface area contributed by atoms with Gasteiger partial charge in [-0.1, -0.05) is 12.1 Å². The number of benzene rings is 1.